The maximum atomic E-state index is 11.4. The summed E-state index contributed by atoms with van der Waals surface area (Å²) in [6.07, 6.45) is 4.63. The lowest BCUT2D eigenvalue weighted by Gasteiger charge is -2.27. The van der Waals surface area contributed by atoms with Crippen molar-refractivity contribution in [1.29, 1.82) is 0 Å². The van der Waals surface area contributed by atoms with Crippen LogP contribution in [0.5, 0.6) is 5.75 Å². The van der Waals surface area contributed by atoms with Gasteiger partial charge in [-0.3, -0.25) is 0 Å². The molecule has 0 saturated carbocycles. The Kier molecular flexibility index (Phi) is 6.05. The lowest BCUT2D eigenvalue weighted by Crippen LogP contribution is -2.26. The largest absolute Gasteiger partial charge is 0.482 e. The average Bonchev–Trinajstić information content (AvgIpc) is 2.51. The van der Waals surface area contributed by atoms with Crippen LogP contribution in [0.1, 0.15) is 50.3 Å². The number of nitrogens with one attached hydrogen (secondary N) is 1. The van der Waals surface area contributed by atoms with Gasteiger partial charge in [0.2, 0.25) is 0 Å². The fourth-order valence-corrected chi connectivity index (χ4v) is 2.74. The Labute approximate surface area is 126 Å². The van der Waals surface area contributed by atoms with Crippen LogP contribution < -0.4 is 10.1 Å². The number of fused-ring (bicyclic) bond motifs is 1. The standard InChI is InChI=1S/C17H25NO3/c1-3-10-18-16-7-5-6-13-8-9-14(11-15(13)16)21-12-17(19)20-4-2/h8-9,11,16,18H,3-7,10,12H2,1-2H3. The van der Waals surface area contributed by atoms with Crippen molar-refractivity contribution in [3.8, 4) is 5.75 Å². The molecule has 1 aromatic carbocycles. The van der Waals surface area contributed by atoms with Crippen LogP contribution in [0.2, 0.25) is 0 Å². The van der Waals surface area contributed by atoms with E-state index in [9.17, 15) is 4.79 Å². The topological polar surface area (TPSA) is 47.6 Å². The van der Waals surface area contributed by atoms with Crippen LogP contribution in [0.25, 0.3) is 0 Å². The van der Waals surface area contributed by atoms with Crippen LogP contribution in [0.3, 0.4) is 0 Å². The number of hydrogen-bond donors (Lipinski definition) is 1. The minimum atomic E-state index is -0.323. The zero-order chi connectivity index (χ0) is 15.1. The van der Waals surface area contributed by atoms with Crippen molar-refractivity contribution in [3.63, 3.8) is 0 Å². The molecule has 4 heteroatoms. The van der Waals surface area contributed by atoms with Gasteiger partial charge in [0, 0.05) is 6.04 Å². The number of esters is 1. The van der Waals surface area contributed by atoms with Crippen molar-refractivity contribution < 1.29 is 14.3 Å². The van der Waals surface area contributed by atoms with Gasteiger partial charge in [0.15, 0.2) is 6.61 Å². The fraction of sp³-hybridized carbons (Fsp3) is 0.588. The Morgan fingerprint density at radius 3 is 3.00 bits per heavy atom. The first kappa shape index (κ1) is 15.8. The molecule has 1 aliphatic rings. The third-order valence-corrected chi connectivity index (χ3v) is 3.73. The quantitative estimate of drug-likeness (QED) is 0.785. The van der Waals surface area contributed by atoms with Gasteiger partial charge in [-0.2, -0.15) is 0 Å². The van der Waals surface area contributed by atoms with Crippen LogP contribution >= 0.6 is 0 Å². The summed E-state index contributed by atoms with van der Waals surface area (Å²) in [5.41, 5.74) is 2.70. The smallest absolute Gasteiger partial charge is 0.344 e. The summed E-state index contributed by atoms with van der Waals surface area (Å²) < 4.78 is 10.4. The number of benzene rings is 1. The third kappa shape index (κ3) is 4.46. The zero-order valence-corrected chi connectivity index (χ0v) is 13.0. The Bertz CT molecular complexity index is 473. The molecule has 1 aromatic rings. The zero-order valence-electron chi connectivity index (χ0n) is 13.0. The number of rotatable bonds is 7. The summed E-state index contributed by atoms with van der Waals surface area (Å²) >= 11 is 0. The first-order valence-electron chi connectivity index (χ1n) is 7.89. The van der Waals surface area contributed by atoms with Crippen LogP contribution in [0, 0.1) is 0 Å². The normalized spacial score (nSPS) is 17.1. The van der Waals surface area contributed by atoms with Crippen molar-refractivity contribution in [2.45, 2.75) is 45.6 Å². The van der Waals surface area contributed by atoms with Gasteiger partial charge in [-0.05, 0) is 62.4 Å². The number of aryl methyl sites for hydroxylation is 1. The predicted octanol–water partition coefficient (Wildman–Crippen LogP) is 3.01. The van der Waals surface area contributed by atoms with Crippen molar-refractivity contribution in [2.75, 3.05) is 19.8 Å². The van der Waals surface area contributed by atoms with E-state index in [1.807, 2.05) is 6.07 Å². The van der Waals surface area contributed by atoms with E-state index in [0.717, 1.165) is 31.6 Å². The van der Waals surface area contributed by atoms with Gasteiger partial charge in [-0.25, -0.2) is 4.79 Å². The predicted molar refractivity (Wildman–Crippen MR) is 82.5 cm³/mol. The minimum absolute atomic E-state index is 0.0281. The van der Waals surface area contributed by atoms with Crippen molar-refractivity contribution >= 4 is 5.97 Å². The first-order valence-corrected chi connectivity index (χ1v) is 7.89. The molecule has 116 valence electrons. The highest BCUT2D eigenvalue weighted by Gasteiger charge is 2.20. The molecular formula is C17H25NO3. The second kappa shape index (κ2) is 8.03. The van der Waals surface area contributed by atoms with Crippen LogP contribution in [0.4, 0.5) is 0 Å². The molecule has 4 nitrogen and oxygen atoms in total. The molecule has 0 fully saturated rings. The summed E-state index contributed by atoms with van der Waals surface area (Å²) in [5, 5.41) is 3.59. The molecule has 1 N–H and O–H groups in total. The SMILES string of the molecule is CCCNC1CCCc2ccc(OCC(=O)OCC)cc21. The summed E-state index contributed by atoms with van der Waals surface area (Å²) in [7, 11) is 0. The highest BCUT2D eigenvalue weighted by atomic mass is 16.6. The molecule has 0 amide bonds. The molecular weight excluding hydrogens is 266 g/mol. The fourth-order valence-electron chi connectivity index (χ4n) is 2.74. The summed E-state index contributed by atoms with van der Waals surface area (Å²) in [5.74, 6) is 0.419. The second-order valence-electron chi connectivity index (χ2n) is 5.35. The Balaban J connectivity index is 2.03. The molecule has 0 heterocycles. The van der Waals surface area contributed by atoms with E-state index < -0.39 is 0 Å². The molecule has 1 unspecified atom stereocenters. The second-order valence-corrected chi connectivity index (χ2v) is 5.35. The molecule has 1 aliphatic carbocycles. The van der Waals surface area contributed by atoms with Gasteiger partial charge >= 0.3 is 5.97 Å². The van der Waals surface area contributed by atoms with Crippen molar-refractivity contribution in [2.24, 2.45) is 0 Å². The van der Waals surface area contributed by atoms with Gasteiger partial charge < -0.3 is 14.8 Å². The average molecular weight is 291 g/mol. The molecule has 0 saturated heterocycles. The molecule has 0 aliphatic heterocycles. The molecule has 0 bridgehead atoms. The van der Waals surface area contributed by atoms with E-state index in [0.29, 0.717) is 12.6 Å². The molecule has 0 spiro atoms. The summed E-state index contributed by atoms with van der Waals surface area (Å²) in [6.45, 7) is 5.35. The van der Waals surface area contributed by atoms with E-state index >= 15 is 0 Å². The Morgan fingerprint density at radius 2 is 2.24 bits per heavy atom. The molecule has 2 rings (SSSR count). The van der Waals surface area contributed by atoms with Crippen molar-refractivity contribution in [3.05, 3.63) is 29.3 Å². The van der Waals surface area contributed by atoms with E-state index in [-0.39, 0.29) is 12.6 Å². The van der Waals surface area contributed by atoms with Crippen LogP contribution in [-0.2, 0) is 16.0 Å². The van der Waals surface area contributed by atoms with Gasteiger partial charge in [0.05, 0.1) is 6.61 Å². The van der Waals surface area contributed by atoms with E-state index in [1.165, 1.54) is 17.5 Å². The van der Waals surface area contributed by atoms with Crippen LogP contribution in [-0.4, -0.2) is 25.7 Å². The summed E-state index contributed by atoms with van der Waals surface area (Å²) in [4.78, 5) is 11.4. The number of hydrogen-bond acceptors (Lipinski definition) is 4. The molecule has 21 heavy (non-hydrogen) atoms. The van der Waals surface area contributed by atoms with Gasteiger partial charge in [-0.1, -0.05) is 13.0 Å². The van der Waals surface area contributed by atoms with E-state index in [4.69, 9.17) is 9.47 Å². The number of carbonyl (C=O) groups is 1. The molecule has 0 radical (unpaired) electrons. The minimum Gasteiger partial charge on any atom is -0.482 e. The highest BCUT2D eigenvalue weighted by molar-refractivity contribution is 5.71. The summed E-state index contributed by atoms with van der Waals surface area (Å²) in [6, 6.07) is 6.54. The van der Waals surface area contributed by atoms with Crippen LogP contribution in [0.15, 0.2) is 18.2 Å². The lowest BCUT2D eigenvalue weighted by molar-refractivity contribution is -0.145. The number of ether oxygens (including phenoxy) is 2. The van der Waals surface area contributed by atoms with Gasteiger partial charge in [0.1, 0.15) is 5.75 Å². The highest BCUT2D eigenvalue weighted by Crippen LogP contribution is 2.32. The Hall–Kier alpha value is -1.55. The Morgan fingerprint density at radius 1 is 1.38 bits per heavy atom. The number of carbonyl (C=O) groups excluding carboxylic acids is 1. The maximum absolute atomic E-state index is 11.4. The molecule has 1 atom stereocenters. The molecule has 0 aromatic heterocycles. The van der Waals surface area contributed by atoms with E-state index in [2.05, 4.69) is 24.4 Å². The van der Waals surface area contributed by atoms with E-state index in [1.54, 1.807) is 6.92 Å². The maximum Gasteiger partial charge on any atom is 0.344 e. The van der Waals surface area contributed by atoms with Gasteiger partial charge in [0.25, 0.3) is 0 Å². The monoisotopic (exact) mass is 291 g/mol. The lowest BCUT2D eigenvalue weighted by atomic mass is 9.87. The van der Waals surface area contributed by atoms with Gasteiger partial charge in [-0.15, -0.1) is 0 Å². The third-order valence-electron chi connectivity index (χ3n) is 3.73. The first-order chi connectivity index (χ1) is 10.2. The van der Waals surface area contributed by atoms with Crippen molar-refractivity contribution in [1.82, 2.24) is 5.32 Å².